The maximum Gasteiger partial charge on any atom is 0.168 e. The minimum absolute atomic E-state index is 0.0263. The van der Waals surface area contributed by atoms with Crippen molar-refractivity contribution in [3.63, 3.8) is 0 Å². The summed E-state index contributed by atoms with van der Waals surface area (Å²) in [6.07, 6.45) is 1.83. The summed E-state index contributed by atoms with van der Waals surface area (Å²) in [5, 5.41) is 2.25. The fourth-order valence-electron chi connectivity index (χ4n) is 2.41. The Morgan fingerprint density at radius 3 is 2.35 bits per heavy atom. The van der Waals surface area contributed by atoms with Gasteiger partial charge in [0.2, 0.25) is 0 Å². The number of carbonyl (C=O) groups is 1. The first kappa shape index (κ1) is 14.8. The van der Waals surface area contributed by atoms with Crippen molar-refractivity contribution in [2.24, 2.45) is 0 Å². The maximum atomic E-state index is 11.9. The number of Topliss-reactive ketones (excluding diaryl/α,β-unsaturated/α-hetero) is 1. The smallest absolute Gasteiger partial charge is 0.168 e. The maximum absolute atomic E-state index is 11.9. The Balaban J connectivity index is 2.03. The van der Waals surface area contributed by atoms with E-state index in [1.54, 1.807) is 6.92 Å². The van der Waals surface area contributed by atoms with Crippen molar-refractivity contribution in [1.82, 2.24) is 0 Å². The zero-order valence-corrected chi connectivity index (χ0v) is 12.9. The van der Waals surface area contributed by atoms with Crippen LogP contribution in [0.15, 0.2) is 78.4 Å². The minimum Gasteiger partial charge on any atom is -0.294 e. The minimum atomic E-state index is -0.0263. The van der Waals surface area contributed by atoms with Crippen LogP contribution < -0.4 is 0 Å². The van der Waals surface area contributed by atoms with Crippen LogP contribution in [0.3, 0.4) is 0 Å². The van der Waals surface area contributed by atoms with Crippen molar-refractivity contribution < 1.29 is 4.79 Å². The number of rotatable bonds is 2. The molecule has 0 aromatic heterocycles. The first-order chi connectivity index (χ1) is 11.2. The van der Waals surface area contributed by atoms with Crippen LogP contribution in [0.2, 0.25) is 0 Å². The molecule has 0 fully saturated rings. The molecule has 3 aromatic rings. The van der Waals surface area contributed by atoms with E-state index in [2.05, 4.69) is 24.0 Å². The molecule has 0 aliphatic rings. The average molecular weight is 296 g/mol. The summed E-state index contributed by atoms with van der Waals surface area (Å²) in [4.78, 5) is 11.9. The lowest BCUT2D eigenvalue weighted by atomic mass is 10.0. The molecule has 0 amide bonds. The molecular formula is C22H16O. The Hall–Kier alpha value is -3.11. The second-order valence-corrected chi connectivity index (χ2v) is 5.30. The highest BCUT2D eigenvalue weighted by atomic mass is 16.1. The second kappa shape index (κ2) is 6.77. The highest BCUT2D eigenvalue weighted by Crippen LogP contribution is 2.17. The van der Waals surface area contributed by atoms with E-state index in [9.17, 15) is 4.79 Å². The quantitative estimate of drug-likeness (QED) is 0.487. The fraction of sp³-hybridized carbons (Fsp3) is 0.0455. The number of benzene rings is 3. The number of hydrogen-bond acceptors (Lipinski definition) is 1. The van der Waals surface area contributed by atoms with E-state index in [0.717, 1.165) is 21.9 Å². The lowest BCUT2D eigenvalue weighted by Crippen LogP contribution is -1.93. The molecule has 23 heavy (non-hydrogen) atoms. The molecule has 3 rings (SSSR count). The SMILES string of the molecule is CC(=O)C(C#Cc1cccc2ccccc12)=Cc1ccccc1. The molecule has 0 atom stereocenters. The van der Waals surface area contributed by atoms with E-state index in [1.165, 1.54) is 0 Å². The Labute approximate surface area is 136 Å². The van der Waals surface area contributed by atoms with E-state index < -0.39 is 0 Å². The van der Waals surface area contributed by atoms with Crippen LogP contribution in [0.1, 0.15) is 18.1 Å². The number of allylic oxidation sites excluding steroid dienone is 1. The summed E-state index contributed by atoms with van der Waals surface area (Å²) >= 11 is 0. The van der Waals surface area contributed by atoms with Gasteiger partial charge < -0.3 is 0 Å². The molecular weight excluding hydrogens is 280 g/mol. The molecule has 110 valence electrons. The van der Waals surface area contributed by atoms with Crippen molar-refractivity contribution in [3.05, 3.63) is 89.5 Å². The van der Waals surface area contributed by atoms with Gasteiger partial charge in [0.15, 0.2) is 5.78 Å². The van der Waals surface area contributed by atoms with Gasteiger partial charge in [-0.2, -0.15) is 0 Å². The van der Waals surface area contributed by atoms with Gasteiger partial charge in [-0.25, -0.2) is 0 Å². The van der Waals surface area contributed by atoms with Crippen LogP contribution in [-0.4, -0.2) is 5.78 Å². The first-order valence-electron chi connectivity index (χ1n) is 7.51. The molecule has 0 saturated heterocycles. The van der Waals surface area contributed by atoms with Crippen LogP contribution in [-0.2, 0) is 4.79 Å². The van der Waals surface area contributed by atoms with Crippen LogP contribution in [0.5, 0.6) is 0 Å². The van der Waals surface area contributed by atoms with Gasteiger partial charge in [0.25, 0.3) is 0 Å². The molecule has 0 saturated carbocycles. The van der Waals surface area contributed by atoms with Gasteiger partial charge >= 0.3 is 0 Å². The number of ketones is 1. The monoisotopic (exact) mass is 296 g/mol. The Bertz CT molecular complexity index is 932. The number of carbonyl (C=O) groups excluding carboxylic acids is 1. The van der Waals surface area contributed by atoms with E-state index in [0.29, 0.717) is 5.57 Å². The van der Waals surface area contributed by atoms with Gasteiger partial charge in [-0.15, -0.1) is 0 Å². The largest absolute Gasteiger partial charge is 0.294 e. The van der Waals surface area contributed by atoms with Crippen LogP contribution >= 0.6 is 0 Å². The zero-order valence-electron chi connectivity index (χ0n) is 12.9. The summed E-state index contributed by atoms with van der Waals surface area (Å²) in [5.41, 5.74) is 2.43. The molecule has 0 aliphatic carbocycles. The molecule has 0 aliphatic heterocycles. The predicted molar refractivity (Wildman–Crippen MR) is 95.9 cm³/mol. The van der Waals surface area contributed by atoms with Crippen molar-refractivity contribution in [2.45, 2.75) is 6.92 Å². The molecule has 1 heteroatoms. The van der Waals surface area contributed by atoms with Crippen LogP contribution in [0, 0.1) is 11.8 Å². The van der Waals surface area contributed by atoms with Crippen molar-refractivity contribution in [2.75, 3.05) is 0 Å². The summed E-state index contributed by atoms with van der Waals surface area (Å²) < 4.78 is 0. The first-order valence-corrected chi connectivity index (χ1v) is 7.51. The topological polar surface area (TPSA) is 17.1 Å². The molecule has 0 heterocycles. The molecule has 0 unspecified atom stereocenters. The van der Waals surface area contributed by atoms with E-state index in [1.807, 2.05) is 66.7 Å². The summed E-state index contributed by atoms with van der Waals surface area (Å²) in [7, 11) is 0. The van der Waals surface area contributed by atoms with Crippen LogP contribution in [0.4, 0.5) is 0 Å². The van der Waals surface area contributed by atoms with Crippen LogP contribution in [0.25, 0.3) is 16.8 Å². The third kappa shape index (κ3) is 3.56. The Morgan fingerprint density at radius 1 is 0.870 bits per heavy atom. The lowest BCUT2D eigenvalue weighted by molar-refractivity contribution is -0.113. The second-order valence-electron chi connectivity index (χ2n) is 5.30. The highest BCUT2D eigenvalue weighted by Gasteiger charge is 2.01. The van der Waals surface area contributed by atoms with E-state index in [-0.39, 0.29) is 5.78 Å². The predicted octanol–water partition coefficient (Wildman–Crippen LogP) is 4.86. The Morgan fingerprint density at radius 2 is 1.57 bits per heavy atom. The lowest BCUT2D eigenvalue weighted by Gasteiger charge is -2.00. The average Bonchev–Trinajstić information content (AvgIpc) is 2.59. The standard InChI is InChI=1S/C22H16O/c1-17(23)21(16-18-8-3-2-4-9-18)15-14-20-12-7-11-19-10-5-6-13-22(19)20/h2-13,16H,1H3. The van der Waals surface area contributed by atoms with Gasteiger partial charge in [-0.3, -0.25) is 4.79 Å². The van der Waals surface area contributed by atoms with Crippen molar-refractivity contribution >= 4 is 22.6 Å². The van der Waals surface area contributed by atoms with Gasteiger partial charge in [-0.05, 0) is 35.4 Å². The Kier molecular flexibility index (Phi) is 4.36. The molecule has 1 nitrogen and oxygen atoms in total. The van der Waals surface area contributed by atoms with E-state index >= 15 is 0 Å². The summed E-state index contributed by atoms with van der Waals surface area (Å²) in [5.74, 6) is 6.16. The van der Waals surface area contributed by atoms with Gasteiger partial charge in [-0.1, -0.05) is 78.6 Å². The molecule has 0 bridgehead atoms. The molecule has 0 N–H and O–H groups in total. The number of hydrogen-bond donors (Lipinski definition) is 0. The molecule has 0 radical (unpaired) electrons. The molecule has 0 spiro atoms. The summed E-state index contributed by atoms with van der Waals surface area (Å²) in [6.45, 7) is 1.55. The summed E-state index contributed by atoms with van der Waals surface area (Å²) in [6, 6.07) is 23.9. The van der Waals surface area contributed by atoms with Crippen molar-refractivity contribution in [3.8, 4) is 11.8 Å². The third-order valence-electron chi connectivity index (χ3n) is 3.61. The third-order valence-corrected chi connectivity index (χ3v) is 3.61. The van der Waals surface area contributed by atoms with Gasteiger partial charge in [0.1, 0.15) is 0 Å². The number of fused-ring (bicyclic) bond motifs is 1. The van der Waals surface area contributed by atoms with Gasteiger partial charge in [0.05, 0.1) is 5.57 Å². The molecule has 3 aromatic carbocycles. The highest BCUT2D eigenvalue weighted by molar-refractivity contribution is 6.02. The normalized spacial score (nSPS) is 10.9. The van der Waals surface area contributed by atoms with E-state index in [4.69, 9.17) is 0 Å². The zero-order chi connectivity index (χ0) is 16.1. The fourth-order valence-corrected chi connectivity index (χ4v) is 2.41. The van der Waals surface area contributed by atoms with Gasteiger partial charge in [0, 0.05) is 5.56 Å². The van der Waals surface area contributed by atoms with Crippen molar-refractivity contribution in [1.29, 1.82) is 0 Å².